The van der Waals surface area contributed by atoms with Crippen molar-refractivity contribution < 1.29 is 19.1 Å². The molecule has 21 heavy (non-hydrogen) atoms. The van der Waals surface area contributed by atoms with Crippen molar-refractivity contribution in [3.63, 3.8) is 0 Å². The normalized spacial score (nSPS) is 10.0. The number of hydrogen-bond donors (Lipinski definition) is 1. The van der Waals surface area contributed by atoms with Gasteiger partial charge in [-0.15, -0.1) is 0 Å². The van der Waals surface area contributed by atoms with Gasteiger partial charge in [0.1, 0.15) is 5.75 Å². The van der Waals surface area contributed by atoms with E-state index in [-0.39, 0.29) is 17.1 Å². The summed E-state index contributed by atoms with van der Waals surface area (Å²) in [6.45, 7) is 0. The van der Waals surface area contributed by atoms with Gasteiger partial charge in [-0.1, -0.05) is 6.07 Å². The Morgan fingerprint density at radius 3 is 2.24 bits per heavy atom. The molecule has 2 aromatic carbocycles. The minimum absolute atomic E-state index is 0.154. The van der Waals surface area contributed by atoms with E-state index in [0.717, 1.165) is 0 Å². The number of nitrogen functional groups attached to an aromatic ring is 1. The molecule has 0 saturated heterocycles. The Bertz CT molecular complexity index is 650. The first-order valence-electron chi connectivity index (χ1n) is 5.99. The average Bonchev–Trinajstić information content (AvgIpc) is 2.46. The molecule has 110 valence electrons. The third kappa shape index (κ3) is 3.14. The number of ether oxygens (including phenoxy) is 3. The smallest absolute Gasteiger partial charge is 0.275 e. The third-order valence-corrected chi connectivity index (χ3v) is 2.73. The summed E-state index contributed by atoms with van der Waals surface area (Å²) in [5.41, 5.74) is 5.72. The summed E-state index contributed by atoms with van der Waals surface area (Å²) in [4.78, 5) is 10.3. The van der Waals surface area contributed by atoms with Crippen LogP contribution in [0.15, 0.2) is 36.4 Å². The minimum atomic E-state index is -0.539. The van der Waals surface area contributed by atoms with Gasteiger partial charge in [0.15, 0.2) is 11.5 Å². The molecule has 2 rings (SSSR count). The van der Waals surface area contributed by atoms with Crippen molar-refractivity contribution in [2.75, 3.05) is 20.0 Å². The Morgan fingerprint density at radius 1 is 1.10 bits per heavy atom. The number of nitro groups is 1. The second-order valence-electron chi connectivity index (χ2n) is 4.11. The molecule has 7 heteroatoms. The number of nitro benzene ring substituents is 1. The summed E-state index contributed by atoms with van der Waals surface area (Å²) in [5, 5.41) is 10.8. The topological polar surface area (TPSA) is 96.8 Å². The van der Waals surface area contributed by atoms with Crippen molar-refractivity contribution in [3.8, 4) is 23.0 Å². The Balaban J connectivity index is 2.45. The lowest BCUT2D eigenvalue weighted by atomic mass is 10.2. The van der Waals surface area contributed by atoms with E-state index >= 15 is 0 Å². The zero-order chi connectivity index (χ0) is 15.4. The lowest BCUT2D eigenvalue weighted by Gasteiger charge is -2.14. The van der Waals surface area contributed by atoms with Gasteiger partial charge in [-0.2, -0.15) is 0 Å². The van der Waals surface area contributed by atoms with Crippen molar-refractivity contribution in [3.05, 3.63) is 46.5 Å². The monoisotopic (exact) mass is 290 g/mol. The molecule has 0 unspecified atom stereocenters. The van der Waals surface area contributed by atoms with E-state index in [1.165, 1.54) is 32.4 Å². The van der Waals surface area contributed by atoms with Gasteiger partial charge in [0.05, 0.1) is 25.2 Å². The molecule has 0 heterocycles. The highest BCUT2D eigenvalue weighted by molar-refractivity contribution is 5.57. The van der Waals surface area contributed by atoms with E-state index in [1.54, 1.807) is 18.2 Å². The summed E-state index contributed by atoms with van der Waals surface area (Å²) in [6.07, 6.45) is 0. The molecule has 0 aliphatic rings. The van der Waals surface area contributed by atoms with Crippen molar-refractivity contribution >= 4 is 11.4 Å². The van der Waals surface area contributed by atoms with Crippen LogP contribution in [0.3, 0.4) is 0 Å². The highest BCUT2D eigenvalue weighted by Gasteiger charge is 2.15. The molecule has 0 amide bonds. The van der Waals surface area contributed by atoms with Crippen molar-refractivity contribution in [2.45, 2.75) is 0 Å². The molecule has 2 N–H and O–H groups in total. The van der Waals surface area contributed by atoms with Gasteiger partial charge in [0, 0.05) is 17.8 Å². The van der Waals surface area contributed by atoms with Crippen LogP contribution in [-0.2, 0) is 0 Å². The van der Waals surface area contributed by atoms with E-state index < -0.39 is 4.92 Å². The number of methoxy groups -OCH3 is 2. The number of benzene rings is 2. The lowest BCUT2D eigenvalue weighted by Crippen LogP contribution is -1.96. The van der Waals surface area contributed by atoms with Gasteiger partial charge in [0.25, 0.3) is 5.69 Å². The number of hydrogen-bond acceptors (Lipinski definition) is 6. The molecule has 7 nitrogen and oxygen atoms in total. The van der Waals surface area contributed by atoms with Crippen LogP contribution < -0.4 is 19.9 Å². The molecule has 0 aliphatic carbocycles. The van der Waals surface area contributed by atoms with Crippen LogP contribution in [0.4, 0.5) is 11.4 Å². The molecule has 0 saturated carbocycles. The highest BCUT2D eigenvalue weighted by Crippen LogP contribution is 2.40. The molecule has 0 spiro atoms. The van der Waals surface area contributed by atoms with Gasteiger partial charge < -0.3 is 19.9 Å². The van der Waals surface area contributed by atoms with E-state index in [9.17, 15) is 10.1 Å². The molecular formula is C14H14N2O5. The van der Waals surface area contributed by atoms with Crippen LogP contribution >= 0.6 is 0 Å². The van der Waals surface area contributed by atoms with Crippen LogP contribution in [0.5, 0.6) is 23.0 Å². The van der Waals surface area contributed by atoms with Crippen molar-refractivity contribution in [2.24, 2.45) is 0 Å². The summed E-state index contributed by atoms with van der Waals surface area (Å²) in [7, 11) is 2.98. The Morgan fingerprint density at radius 2 is 1.71 bits per heavy atom. The van der Waals surface area contributed by atoms with E-state index in [4.69, 9.17) is 19.9 Å². The molecule has 2 aromatic rings. The number of para-hydroxylation sites is 1. The first-order valence-corrected chi connectivity index (χ1v) is 5.99. The summed E-state index contributed by atoms with van der Waals surface area (Å²) >= 11 is 0. The number of rotatable bonds is 5. The largest absolute Gasteiger partial charge is 0.493 e. The summed E-state index contributed by atoms with van der Waals surface area (Å²) in [6, 6.07) is 9.15. The molecule has 0 radical (unpaired) electrons. The second-order valence-corrected chi connectivity index (χ2v) is 4.11. The highest BCUT2D eigenvalue weighted by atomic mass is 16.6. The fourth-order valence-electron chi connectivity index (χ4n) is 1.81. The number of nitrogens with two attached hydrogens (primary N) is 1. The van der Waals surface area contributed by atoms with Crippen LogP contribution in [0.1, 0.15) is 0 Å². The van der Waals surface area contributed by atoms with Crippen LogP contribution in [0.25, 0.3) is 0 Å². The van der Waals surface area contributed by atoms with Crippen molar-refractivity contribution in [1.82, 2.24) is 0 Å². The van der Waals surface area contributed by atoms with Crippen LogP contribution in [-0.4, -0.2) is 19.1 Å². The van der Waals surface area contributed by atoms with Gasteiger partial charge in [-0.25, -0.2) is 0 Å². The predicted octanol–water partition coefficient (Wildman–Crippen LogP) is 2.99. The maximum Gasteiger partial charge on any atom is 0.275 e. The van der Waals surface area contributed by atoms with Gasteiger partial charge in [0.2, 0.25) is 5.75 Å². The summed E-state index contributed by atoms with van der Waals surface area (Å²) in [5.74, 6) is 1.44. The summed E-state index contributed by atoms with van der Waals surface area (Å²) < 4.78 is 16.1. The van der Waals surface area contributed by atoms with E-state index in [0.29, 0.717) is 17.2 Å². The lowest BCUT2D eigenvalue weighted by molar-refractivity contribution is -0.384. The fourth-order valence-corrected chi connectivity index (χ4v) is 1.81. The maximum atomic E-state index is 10.8. The second kappa shape index (κ2) is 6.00. The average molecular weight is 290 g/mol. The molecule has 0 aromatic heterocycles. The quantitative estimate of drug-likeness (QED) is 0.516. The first kappa shape index (κ1) is 14.4. The minimum Gasteiger partial charge on any atom is -0.493 e. The molecule has 0 atom stereocenters. The molecule has 0 fully saturated rings. The Kier molecular flexibility index (Phi) is 4.13. The number of anilines is 1. The zero-order valence-corrected chi connectivity index (χ0v) is 11.5. The third-order valence-electron chi connectivity index (χ3n) is 2.73. The van der Waals surface area contributed by atoms with Gasteiger partial charge >= 0.3 is 0 Å². The Hall–Kier alpha value is -2.96. The predicted molar refractivity (Wildman–Crippen MR) is 77.1 cm³/mol. The molecular weight excluding hydrogens is 276 g/mol. The van der Waals surface area contributed by atoms with Gasteiger partial charge in [-0.05, 0) is 12.1 Å². The maximum absolute atomic E-state index is 10.8. The van der Waals surface area contributed by atoms with Crippen LogP contribution in [0.2, 0.25) is 0 Å². The van der Waals surface area contributed by atoms with E-state index in [1.807, 2.05) is 0 Å². The van der Waals surface area contributed by atoms with Crippen LogP contribution in [0, 0.1) is 10.1 Å². The number of non-ortho nitro benzene ring substituents is 1. The SMILES string of the molecule is COc1cccc(OC)c1Oc1cc(N)cc([N+](=O)[O-])c1. The zero-order valence-electron chi connectivity index (χ0n) is 11.5. The van der Waals surface area contributed by atoms with Crippen molar-refractivity contribution in [1.29, 1.82) is 0 Å². The Labute approximate surface area is 121 Å². The van der Waals surface area contributed by atoms with Gasteiger partial charge in [-0.3, -0.25) is 10.1 Å². The standard InChI is InChI=1S/C14H14N2O5/c1-19-12-4-3-5-13(20-2)14(12)21-11-7-9(15)6-10(8-11)16(17)18/h3-8H,15H2,1-2H3. The molecule has 0 aliphatic heterocycles. The first-order chi connectivity index (χ1) is 10.0. The molecule has 0 bridgehead atoms. The van der Waals surface area contributed by atoms with E-state index in [2.05, 4.69) is 0 Å². The fraction of sp³-hybridized carbons (Fsp3) is 0.143. The number of nitrogens with zero attached hydrogens (tertiary/aromatic N) is 1.